The molecule has 7 heteroatoms. The van der Waals surface area contributed by atoms with E-state index < -0.39 is 17.8 Å². The lowest BCUT2D eigenvalue weighted by Crippen LogP contribution is -2.52. The maximum Gasteiger partial charge on any atom is 0.331 e. The van der Waals surface area contributed by atoms with Gasteiger partial charge < -0.3 is 0 Å². The van der Waals surface area contributed by atoms with Crippen LogP contribution < -0.4 is 5.32 Å². The number of thiophene rings is 1. The van der Waals surface area contributed by atoms with Crippen molar-refractivity contribution in [3.05, 3.63) is 26.4 Å². The summed E-state index contributed by atoms with van der Waals surface area (Å²) in [5.74, 6) is -1.26. The lowest BCUT2D eigenvalue weighted by atomic mass is 10.1. The molecular weight excluding hydrogens is 308 g/mol. The summed E-state index contributed by atoms with van der Waals surface area (Å²) in [5.41, 5.74) is -0.0403. The molecule has 4 amide bonds. The minimum Gasteiger partial charge on any atom is -0.273 e. The molecule has 1 saturated heterocycles. The number of barbiturate groups is 1. The Morgan fingerprint density at radius 2 is 2.06 bits per heavy atom. The predicted molar refractivity (Wildman–Crippen MR) is 66.3 cm³/mol. The second-order valence-electron chi connectivity index (χ2n) is 3.32. The van der Waals surface area contributed by atoms with Gasteiger partial charge in [0.15, 0.2) is 0 Å². The number of amides is 4. The quantitative estimate of drug-likeness (QED) is 0.632. The van der Waals surface area contributed by atoms with Crippen molar-refractivity contribution in [1.29, 1.82) is 0 Å². The lowest BCUT2D eigenvalue weighted by Gasteiger charge is -2.22. The van der Waals surface area contributed by atoms with Crippen molar-refractivity contribution in [2.75, 3.05) is 7.05 Å². The first-order chi connectivity index (χ1) is 7.99. The van der Waals surface area contributed by atoms with Crippen LogP contribution in [0.15, 0.2) is 21.5 Å². The largest absolute Gasteiger partial charge is 0.331 e. The SMILES string of the molecule is CN1C(=O)NC(=O)/C(=C\c2ccc(Br)s2)C1=O. The third-order valence-electron chi connectivity index (χ3n) is 2.19. The molecule has 17 heavy (non-hydrogen) atoms. The Labute approximate surface area is 109 Å². The fourth-order valence-corrected chi connectivity index (χ4v) is 2.66. The molecule has 0 aromatic carbocycles. The monoisotopic (exact) mass is 314 g/mol. The number of nitrogens with one attached hydrogen (secondary N) is 1. The van der Waals surface area contributed by atoms with Crippen LogP contribution in [0.3, 0.4) is 0 Å². The van der Waals surface area contributed by atoms with Crippen molar-refractivity contribution in [1.82, 2.24) is 10.2 Å². The number of hydrogen-bond donors (Lipinski definition) is 1. The van der Waals surface area contributed by atoms with Gasteiger partial charge in [-0.25, -0.2) is 4.79 Å². The van der Waals surface area contributed by atoms with Gasteiger partial charge in [0.1, 0.15) is 5.57 Å². The fourth-order valence-electron chi connectivity index (χ4n) is 1.29. The van der Waals surface area contributed by atoms with Gasteiger partial charge in [-0.2, -0.15) is 0 Å². The molecule has 88 valence electrons. The zero-order chi connectivity index (χ0) is 12.6. The Morgan fingerprint density at radius 1 is 1.35 bits per heavy atom. The molecule has 0 bridgehead atoms. The standard InChI is InChI=1S/C10H7BrN2O3S/c1-13-9(15)6(8(14)12-10(13)16)4-5-2-3-7(11)17-5/h2-4H,1H3,(H,12,14,16)/b6-4+. The smallest absolute Gasteiger partial charge is 0.273 e. The van der Waals surface area contributed by atoms with Gasteiger partial charge in [0.25, 0.3) is 11.8 Å². The van der Waals surface area contributed by atoms with Gasteiger partial charge in [-0.15, -0.1) is 11.3 Å². The number of carbonyl (C=O) groups excluding carboxylic acids is 3. The van der Waals surface area contributed by atoms with Gasteiger partial charge >= 0.3 is 6.03 Å². The van der Waals surface area contributed by atoms with E-state index in [1.54, 1.807) is 6.07 Å². The van der Waals surface area contributed by atoms with E-state index in [0.717, 1.165) is 13.6 Å². The van der Waals surface area contributed by atoms with E-state index in [-0.39, 0.29) is 5.57 Å². The lowest BCUT2D eigenvalue weighted by molar-refractivity contribution is -0.129. The van der Waals surface area contributed by atoms with Crippen molar-refractivity contribution < 1.29 is 14.4 Å². The van der Waals surface area contributed by atoms with E-state index in [0.29, 0.717) is 0 Å². The first-order valence-corrected chi connectivity index (χ1v) is 6.20. The summed E-state index contributed by atoms with van der Waals surface area (Å²) >= 11 is 4.68. The molecule has 0 unspecified atom stereocenters. The van der Waals surface area contributed by atoms with Crippen LogP contribution in [0.5, 0.6) is 0 Å². The summed E-state index contributed by atoms with van der Waals surface area (Å²) < 4.78 is 0.900. The Morgan fingerprint density at radius 3 is 2.65 bits per heavy atom. The Kier molecular flexibility index (Phi) is 3.12. The number of carbonyl (C=O) groups is 3. The second kappa shape index (κ2) is 4.42. The molecule has 5 nitrogen and oxygen atoms in total. The molecule has 1 aliphatic rings. The minimum absolute atomic E-state index is 0.0403. The number of hydrogen-bond acceptors (Lipinski definition) is 4. The molecule has 1 aromatic heterocycles. The summed E-state index contributed by atoms with van der Waals surface area (Å²) in [6, 6.07) is 2.89. The number of halogens is 1. The fraction of sp³-hybridized carbons (Fsp3) is 0.100. The minimum atomic E-state index is -0.704. The molecule has 1 N–H and O–H groups in total. The molecule has 0 aliphatic carbocycles. The predicted octanol–water partition coefficient (Wildman–Crippen LogP) is 1.60. The first kappa shape index (κ1) is 12.0. The highest BCUT2D eigenvalue weighted by Crippen LogP contribution is 2.25. The normalized spacial score (nSPS) is 18.8. The van der Waals surface area contributed by atoms with Crippen LogP contribution in [0.1, 0.15) is 4.88 Å². The van der Waals surface area contributed by atoms with Crippen LogP contribution >= 0.6 is 27.3 Å². The molecule has 1 aliphatic heterocycles. The van der Waals surface area contributed by atoms with Crippen LogP contribution in [-0.2, 0) is 9.59 Å². The van der Waals surface area contributed by atoms with Crippen molar-refractivity contribution in [2.45, 2.75) is 0 Å². The summed E-state index contributed by atoms with van der Waals surface area (Å²) in [7, 11) is 1.32. The maximum atomic E-state index is 11.7. The van der Waals surface area contributed by atoms with Gasteiger partial charge in [0, 0.05) is 11.9 Å². The second-order valence-corrected chi connectivity index (χ2v) is 5.82. The van der Waals surface area contributed by atoms with E-state index >= 15 is 0 Å². The summed E-state index contributed by atoms with van der Waals surface area (Å²) in [6.07, 6.45) is 1.47. The summed E-state index contributed by atoms with van der Waals surface area (Å²) in [4.78, 5) is 36.0. The van der Waals surface area contributed by atoms with E-state index in [4.69, 9.17) is 0 Å². The molecule has 0 atom stereocenters. The zero-order valence-corrected chi connectivity index (χ0v) is 11.1. The Hall–Kier alpha value is -1.47. The molecule has 1 aromatic rings. The molecule has 2 rings (SSSR count). The third-order valence-corrected chi connectivity index (χ3v) is 3.76. The van der Waals surface area contributed by atoms with E-state index in [1.807, 2.05) is 6.07 Å². The highest BCUT2D eigenvalue weighted by atomic mass is 79.9. The highest BCUT2D eigenvalue weighted by molar-refractivity contribution is 9.11. The number of likely N-dealkylation sites (N-methyl/N-ethyl adjacent to an activating group) is 1. The number of imide groups is 2. The zero-order valence-electron chi connectivity index (χ0n) is 8.69. The average Bonchev–Trinajstić information content (AvgIpc) is 2.67. The third kappa shape index (κ3) is 2.29. The van der Waals surface area contributed by atoms with Gasteiger partial charge in [-0.05, 0) is 34.1 Å². The first-order valence-electron chi connectivity index (χ1n) is 4.59. The van der Waals surface area contributed by atoms with Gasteiger partial charge in [-0.3, -0.25) is 19.8 Å². The summed E-state index contributed by atoms with van der Waals surface area (Å²) in [6.45, 7) is 0. The topological polar surface area (TPSA) is 66.5 Å². The maximum absolute atomic E-state index is 11.7. The van der Waals surface area contributed by atoms with Gasteiger partial charge in [0.05, 0.1) is 3.79 Å². The number of urea groups is 1. The van der Waals surface area contributed by atoms with Crippen LogP contribution in [0.4, 0.5) is 4.79 Å². The summed E-state index contributed by atoms with van der Waals surface area (Å²) in [5, 5.41) is 2.09. The van der Waals surface area contributed by atoms with Crippen LogP contribution in [-0.4, -0.2) is 29.8 Å². The van der Waals surface area contributed by atoms with Crippen molar-refractivity contribution in [3.8, 4) is 0 Å². The van der Waals surface area contributed by atoms with E-state index in [2.05, 4.69) is 21.2 Å². The Balaban J connectivity index is 2.37. The molecule has 0 radical (unpaired) electrons. The van der Waals surface area contributed by atoms with Crippen molar-refractivity contribution in [2.24, 2.45) is 0 Å². The molecule has 1 fully saturated rings. The van der Waals surface area contributed by atoms with Crippen molar-refractivity contribution in [3.63, 3.8) is 0 Å². The van der Waals surface area contributed by atoms with Crippen LogP contribution in [0, 0.1) is 0 Å². The molecule has 0 saturated carbocycles. The Bertz CT molecular complexity index is 550. The van der Waals surface area contributed by atoms with E-state index in [1.165, 1.54) is 24.5 Å². The highest BCUT2D eigenvalue weighted by Gasteiger charge is 2.33. The average molecular weight is 315 g/mol. The molecule has 2 heterocycles. The van der Waals surface area contributed by atoms with E-state index in [9.17, 15) is 14.4 Å². The number of nitrogens with zero attached hydrogens (tertiary/aromatic N) is 1. The van der Waals surface area contributed by atoms with Crippen LogP contribution in [0.25, 0.3) is 6.08 Å². The van der Waals surface area contributed by atoms with Crippen LogP contribution in [0.2, 0.25) is 0 Å². The van der Waals surface area contributed by atoms with Crippen molar-refractivity contribution >= 4 is 51.2 Å². The van der Waals surface area contributed by atoms with Gasteiger partial charge in [-0.1, -0.05) is 0 Å². The molecule has 0 spiro atoms. The molecular formula is C10H7BrN2O3S. The van der Waals surface area contributed by atoms with Gasteiger partial charge in [0.2, 0.25) is 0 Å². The number of rotatable bonds is 1.